The lowest BCUT2D eigenvalue weighted by Gasteiger charge is -2.22. The highest BCUT2D eigenvalue weighted by Crippen LogP contribution is 2.28. The number of rotatable bonds is 7. The van der Waals surface area contributed by atoms with E-state index in [0.717, 1.165) is 5.56 Å². The molecule has 0 heterocycles. The SMILES string of the molecule is COc1ccc(Cl)cc1NC(=O)c1ccc(CN(c2ccccc2)S(C)(=O)=O)cc1. The molecule has 6 nitrogen and oxygen atoms in total. The van der Waals surface area contributed by atoms with Crippen molar-refractivity contribution in [2.75, 3.05) is 23.0 Å². The lowest BCUT2D eigenvalue weighted by atomic mass is 10.1. The van der Waals surface area contributed by atoms with E-state index in [1.165, 1.54) is 17.7 Å². The second-order valence-corrected chi connectivity index (χ2v) is 8.94. The topological polar surface area (TPSA) is 75.7 Å². The maximum absolute atomic E-state index is 12.6. The van der Waals surface area contributed by atoms with Gasteiger partial charge >= 0.3 is 0 Å². The lowest BCUT2D eigenvalue weighted by molar-refractivity contribution is 0.102. The molecule has 0 fully saturated rings. The van der Waals surface area contributed by atoms with Crippen LogP contribution in [0.5, 0.6) is 5.75 Å². The number of ether oxygens (including phenoxy) is 1. The van der Waals surface area contributed by atoms with Gasteiger partial charge in [-0.25, -0.2) is 8.42 Å². The van der Waals surface area contributed by atoms with E-state index >= 15 is 0 Å². The van der Waals surface area contributed by atoms with Crippen molar-refractivity contribution in [2.24, 2.45) is 0 Å². The molecule has 1 N–H and O–H groups in total. The van der Waals surface area contributed by atoms with Gasteiger partial charge in [0.15, 0.2) is 0 Å². The molecule has 0 spiro atoms. The van der Waals surface area contributed by atoms with E-state index in [9.17, 15) is 13.2 Å². The van der Waals surface area contributed by atoms with Gasteiger partial charge in [0.2, 0.25) is 10.0 Å². The van der Waals surface area contributed by atoms with Crippen LogP contribution in [-0.4, -0.2) is 27.7 Å². The zero-order valence-electron chi connectivity index (χ0n) is 16.5. The van der Waals surface area contributed by atoms with Crippen LogP contribution in [0.4, 0.5) is 11.4 Å². The zero-order chi connectivity index (χ0) is 21.7. The summed E-state index contributed by atoms with van der Waals surface area (Å²) < 4.78 is 31.0. The predicted molar refractivity (Wildman–Crippen MR) is 120 cm³/mol. The van der Waals surface area contributed by atoms with Crippen LogP contribution in [0, 0.1) is 0 Å². The largest absolute Gasteiger partial charge is 0.495 e. The van der Waals surface area contributed by atoms with Crippen LogP contribution in [0.15, 0.2) is 72.8 Å². The molecule has 0 aliphatic heterocycles. The Labute approximate surface area is 181 Å². The summed E-state index contributed by atoms with van der Waals surface area (Å²) in [7, 11) is -1.96. The number of methoxy groups -OCH3 is 1. The van der Waals surface area contributed by atoms with Crippen molar-refractivity contribution in [1.29, 1.82) is 0 Å². The quantitative estimate of drug-likeness (QED) is 0.579. The number of nitrogens with zero attached hydrogens (tertiary/aromatic N) is 1. The number of hydrogen-bond donors (Lipinski definition) is 1. The van der Waals surface area contributed by atoms with Crippen LogP contribution in [-0.2, 0) is 16.6 Å². The van der Waals surface area contributed by atoms with Crippen molar-refractivity contribution < 1.29 is 17.9 Å². The standard InChI is InChI=1S/C22H21ClN2O4S/c1-29-21-13-12-18(23)14-20(21)24-22(26)17-10-8-16(9-11-17)15-25(30(2,27)28)19-6-4-3-5-7-19/h3-14H,15H2,1-2H3,(H,24,26). The van der Waals surface area contributed by atoms with Crippen molar-refractivity contribution >= 4 is 38.9 Å². The van der Waals surface area contributed by atoms with E-state index in [1.54, 1.807) is 66.7 Å². The van der Waals surface area contributed by atoms with E-state index < -0.39 is 10.0 Å². The monoisotopic (exact) mass is 444 g/mol. The smallest absolute Gasteiger partial charge is 0.255 e. The van der Waals surface area contributed by atoms with Gasteiger partial charge in [-0.1, -0.05) is 41.9 Å². The lowest BCUT2D eigenvalue weighted by Crippen LogP contribution is -2.29. The minimum Gasteiger partial charge on any atom is -0.495 e. The fourth-order valence-corrected chi connectivity index (χ4v) is 3.95. The number of sulfonamides is 1. The van der Waals surface area contributed by atoms with Gasteiger partial charge in [-0.3, -0.25) is 9.10 Å². The summed E-state index contributed by atoms with van der Waals surface area (Å²) in [5.74, 6) is 0.168. The first-order valence-corrected chi connectivity index (χ1v) is 11.3. The first-order chi connectivity index (χ1) is 14.3. The van der Waals surface area contributed by atoms with E-state index in [2.05, 4.69) is 5.32 Å². The predicted octanol–water partition coefficient (Wildman–Crippen LogP) is 4.57. The molecule has 0 saturated heterocycles. The second-order valence-electron chi connectivity index (χ2n) is 6.60. The molecule has 1 amide bonds. The van der Waals surface area contributed by atoms with Crippen molar-refractivity contribution in [2.45, 2.75) is 6.54 Å². The first kappa shape index (κ1) is 21.7. The molecule has 3 rings (SSSR count). The number of para-hydroxylation sites is 1. The van der Waals surface area contributed by atoms with Gasteiger partial charge in [-0.05, 0) is 48.0 Å². The molecule has 8 heteroatoms. The second kappa shape index (κ2) is 9.19. The van der Waals surface area contributed by atoms with E-state index in [0.29, 0.717) is 27.7 Å². The highest BCUT2D eigenvalue weighted by atomic mass is 35.5. The molecule has 0 unspecified atom stereocenters. The van der Waals surface area contributed by atoms with Crippen LogP contribution in [0.2, 0.25) is 5.02 Å². The molecule has 0 bridgehead atoms. The number of anilines is 2. The van der Waals surface area contributed by atoms with Gasteiger partial charge in [0.1, 0.15) is 5.75 Å². The summed E-state index contributed by atoms with van der Waals surface area (Å²) in [6.07, 6.45) is 1.17. The minimum absolute atomic E-state index is 0.160. The fourth-order valence-electron chi connectivity index (χ4n) is 2.89. The summed E-state index contributed by atoms with van der Waals surface area (Å²) in [6.45, 7) is 0.160. The number of carbonyl (C=O) groups is 1. The first-order valence-electron chi connectivity index (χ1n) is 9.04. The van der Waals surface area contributed by atoms with Crippen molar-refractivity contribution in [3.63, 3.8) is 0 Å². The van der Waals surface area contributed by atoms with Crippen LogP contribution in [0.25, 0.3) is 0 Å². The highest BCUT2D eigenvalue weighted by molar-refractivity contribution is 7.92. The normalized spacial score (nSPS) is 11.0. The molecule has 30 heavy (non-hydrogen) atoms. The molecule has 0 atom stereocenters. The van der Waals surface area contributed by atoms with E-state index in [1.807, 2.05) is 6.07 Å². The number of amides is 1. The molecule has 0 saturated carbocycles. The zero-order valence-corrected chi connectivity index (χ0v) is 18.1. The Morgan fingerprint density at radius 2 is 1.70 bits per heavy atom. The Morgan fingerprint density at radius 1 is 1.03 bits per heavy atom. The van der Waals surface area contributed by atoms with Gasteiger partial charge in [-0.2, -0.15) is 0 Å². The summed E-state index contributed by atoms with van der Waals surface area (Å²) in [5.41, 5.74) is 2.22. The third-order valence-electron chi connectivity index (χ3n) is 4.40. The molecule has 0 radical (unpaired) electrons. The van der Waals surface area contributed by atoms with E-state index in [-0.39, 0.29) is 12.5 Å². The van der Waals surface area contributed by atoms with Gasteiger partial charge in [0.25, 0.3) is 5.91 Å². The third kappa shape index (κ3) is 5.31. The van der Waals surface area contributed by atoms with Crippen molar-refractivity contribution in [1.82, 2.24) is 0 Å². The van der Waals surface area contributed by atoms with E-state index in [4.69, 9.17) is 16.3 Å². The Morgan fingerprint density at radius 3 is 2.30 bits per heavy atom. The van der Waals surface area contributed by atoms with Crippen LogP contribution < -0.4 is 14.4 Å². The number of hydrogen-bond acceptors (Lipinski definition) is 4. The molecule has 3 aromatic rings. The number of nitrogens with one attached hydrogen (secondary N) is 1. The van der Waals surface area contributed by atoms with Crippen LogP contribution in [0.1, 0.15) is 15.9 Å². The molecule has 0 aromatic heterocycles. The average molecular weight is 445 g/mol. The maximum atomic E-state index is 12.6. The average Bonchev–Trinajstić information content (AvgIpc) is 2.72. The Balaban J connectivity index is 1.77. The fraction of sp³-hybridized carbons (Fsp3) is 0.136. The van der Waals surface area contributed by atoms with Gasteiger partial charge in [-0.15, -0.1) is 0 Å². The summed E-state index contributed by atoms with van der Waals surface area (Å²) in [4.78, 5) is 12.6. The van der Waals surface area contributed by atoms with Crippen LogP contribution >= 0.6 is 11.6 Å². The number of benzene rings is 3. The molecule has 3 aromatic carbocycles. The van der Waals surface area contributed by atoms with Gasteiger partial charge in [0.05, 0.1) is 31.3 Å². The highest BCUT2D eigenvalue weighted by Gasteiger charge is 2.18. The van der Waals surface area contributed by atoms with Gasteiger partial charge < -0.3 is 10.1 Å². The van der Waals surface area contributed by atoms with Crippen molar-refractivity contribution in [3.05, 3.63) is 88.9 Å². The molecular weight excluding hydrogens is 424 g/mol. The molecule has 156 valence electrons. The number of halogens is 1. The summed E-state index contributed by atoms with van der Waals surface area (Å²) in [5, 5.41) is 3.25. The van der Waals surface area contributed by atoms with Crippen molar-refractivity contribution in [3.8, 4) is 5.75 Å². The Bertz CT molecular complexity index is 1130. The Hall–Kier alpha value is -3.03. The molecule has 0 aliphatic rings. The van der Waals surface area contributed by atoms with Crippen LogP contribution in [0.3, 0.4) is 0 Å². The molecule has 0 aliphatic carbocycles. The Kier molecular flexibility index (Phi) is 6.64. The number of carbonyl (C=O) groups excluding carboxylic acids is 1. The minimum atomic E-state index is -3.47. The summed E-state index contributed by atoms with van der Waals surface area (Å²) in [6, 6.07) is 20.6. The summed E-state index contributed by atoms with van der Waals surface area (Å²) >= 11 is 6.00. The van der Waals surface area contributed by atoms with Gasteiger partial charge in [0, 0.05) is 10.6 Å². The third-order valence-corrected chi connectivity index (χ3v) is 5.77. The maximum Gasteiger partial charge on any atom is 0.255 e. The molecular formula is C22H21ClN2O4S.